The van der Waals surface area contributed by atoms with E-state index in [9.17, 15) is 4.79 Å². The summed E-state index contributed by atoms with van der Waals surface area (Å²) < 4.78 is 1.77. The summed E-state index contributed by atoms with van der Waals surface area (Å²) in [5, 5.41) is 4.71. The molecule has 0 saturated carbocycles. The van der Waals surface area contributed by atoms with Crippen molar-refractivity contribution in [3.05, 3.63) is 45.0 Å². The molecule has 0 amide bonds. The Balaban J connectivity index is 2.19. The van der Waals surface area contributed by atoms with E-state index < -0.39 is 0 Å². The highest BCUT2D eigenvalue weighted by molar-refractivity contribution is 7.09. The Bertz CT molecular complexity index is 399. The molecule has 3 nitrogen and oxygen atoms in total. The second-order valence-corrected chi connectivity index (χ2v) is 3.53. The Morgan fingerprint density at radius 2 is 2.42 bits per heavy atom. The molecule has 0 bridgehead atoms. The number of hydrogen-bond acceptors (Lipinski definition) is 2. The van der Waals surface area contributed by atoms with Crippen LogP contribution < -0.4 is 5.56 Å². The minimum absolute atomic E-state index is 0.0495. The van der Waals surface area contributed by atoms with E-state index in [2.05, 4.69) is 5.10 Å². The third-order valence-corrected chi connectivity index (χ3v) is 2.43. The van der Waals surface area contributed by atoms with Gasteiger partial charge in [0.1, 0.15) is 0 Å². The second-order valence-electron chi connectivity index (χ2n) is 2.50. The lowest BCUT2D eigenvalue weighted by Crippen LogP contribution is -2.05. The molecule has 1 N–H and O–H groups in total. The van der Waals surface area contributed by atoms with Gasteiger partial charge in [0, 0.05) is 17.1 Å². The molecule has 2 heterocycles. The van der Waals surface area contributed by atoms with E-state index in [-0.39, 0.29) is 5.56 Å². The van der Waals surface area contributed by atoms with Crippen molar-refractivity contribution in [3.63, 3.8) is 0 Å². The molecular formula is C8H8N2OS. The Morgan fingerprint density at radius 3 is 3.00 bits per heavy atom. The largest absolute Gasteiger partial charge is 0.287 e. The Morgan fingerprint density at radius 1 is 1.50 bits per heavy atom. The van der Waals surface area contributed by atoms with Crippen LogP contribution in [0.25, 0.3) is 0 Å². The molecule has 0 saturated heterocycles. The van der Waals surface area contributed by atoms with Gasteiger partial charge >= 0.3 is 0 Å². The van der Waals surface area contributed by atoms with Gasteiger partial charge in [-0.2, -0.15) is 0 Å². The van der Waals surface area contributed by atoms with Crippen molar-refractivity contribution in [1.82, 2.24) is 9.78 Å². The summed E-state index contributed by atoms with van der Waals surface area (Å²) in [6.07, 6.45) is 1.75. The zero-order valence-electron chi connectivity index (χ0n) is 6.36. The lowest BCUT2D eigenvalue weighted by Gasteiger charge is -1.97. The molecule has 2 rings (SSSR count). The van der Waals surface area contributed by atoms with Crippen molar-refractivity contribution in [2.24, 2.45) is 0 Å². The first-order chi connectivity index (χ1) is 5.84. The maximum Gasteiger partial charge on any atom is 0.264 e. The van der Waals surface area contributed by atoms with Crippen molar-refractivity contribution in [2.75, 3.05) is 0 Å². The van der Waals surface area contributed by atoms with Crippen molar-refractivity contribution >= 4 is 11.3 Å². The Kier molecular flexibility index (Phi) is 1.83. The number of rotatable bonds is 2. The lowest BCUT2D eigenvalue weighted by molar-refractivity contribution is 0.686. The number of aromatic amines is 1. The molecule has 62 valence electrons. The van der Waals surface area contributed by atoms with Gasteiger partial charge in [-0.1, -0.05) is 6.07 Å². The maximum atomic E-state index is 10.7. The van der Waals surface area contributed by atoms with Gasteiger partial charge in [0.2, 0.25) is 0 Å². The summed E-state index contributed by atoms with van der Waals surface area (Å²) in [5.74, 6) is 0. The predicted molar refractivity (Wildman–Crippen MR) is 48.5 cm³/mol. The van der Waals surface area contributed by atoms with Gasteiger partial charge in [-0.3, -0.25) is 14.6 Å². The molecule has 0 fully saturated rings. The quantitative estimate of drug-likeness (QED) is 0.743. The van der Waals surface area contributed by atoms with Gasteiger partial charge in [0.15, 0.2) is 0 Å². The summed E-state index contributed by atoms with van der Waals surface area (Å²) in [4.78, 5) is 12.0. The van der Waals surface area contributed by atoms with Crippen LogP contribution in [-0.4, -0.2) is 9.78 Å². The van der Waals surface area contributed by atoms with Crippen molar-refractivity contribution < 1.29 is 0 Å². The molecule has 12 heavy (non-hydrogen) atoms. The van der Waals surface area contributed by atoms with Gasteiger partial charge in [-0.25, -0.2) is 0 Å². The molecule has 2 aromatic heterocycles. The van der Waals surface area contributed by atoms with E-state index in [1.165, 1.54) is 10.9 Å². The van der Waals surface area contributed by atoms with Gasteiger partial charge in [0.05, 0.1) is 6.54 Å². The number of aromatic nitrogens is 2. The molecule has 0 aliphatic rings. The molecule has 0 aliphatic heterocycles. The molecule has 2 aromatic rings. The van der Waals surface area contributed by atoms with E-state index in [0.29, 0.717) is 0 Å². The first-order valence-corrected chi connectivity index (χ1v) is 4.50. The maximum absolute atomic E-state index is 10.7. The SMILES string of the molecule is O=c1ccn(Cc2cccs2)[nH]1. The van der Waals surface area contributed by atoms with Crippen LogP contribution in [0.4, 0.5) is 0 Å². The van der Waals surface area contributed by atoms with E-state index in [1.54, 1.807) is 22.2 Å². The third kappa shape index (κ3) is 1.48. The molecule has 0 unspecified atom stereocenters. The smallest absolute Gasteiger partial charge is 0.264 e. The Labute approximate surface area is 73.3 Å². The Hall–Kier alpha value is -1.29. The van der Waals surface area contributed by atoms with E-state index >= 15 is 0 Å². The second kappa shape index (κ2) is 2.98. The zero-order valence-corrected chi connectivity index (χ0v) is 7.17. The molecule has 4 heteroatoms. The molecule has 0 spiro atoms. The highest BCUT2D eigenvalue weighted by atomic mass is 32.1. The van der Waals surface area contributed by atoms with Crippen LogP contribution in [0.1, 0.15) is 4.88 Å². The molecule has 0 atom stereocenters. The standard InChI is InChI=1S/C8H8N2OS/c11-8-3-4-10(9-8)6-7-2-1-5-12-7/h1-5H,6H2,(H,9,11). The summed E-state index contributed by atoms with van der Waals surface area (Å²) in [6.45, 7) is 0.750. The highest BCUT2D eigenvalue weighted by Crippen LogP contribution is 2.08. The van der Waals surface area contributed by atoms with Crippen molar-refractivity contribution in [1.29, 1.82) is 0 Å². The van der Waals surface area contributed by atoms with Crippen molar-refractivity contribution in [3.8, 4) is 0 Å². The van der Waals surface area contributed by atoms with Crippen LogP contribution in [0.5, 0.6) is 0 Å². The number of H-pyrrole nitrogens is 1. The van der Waals surface area contributed by atoms with Crippen LogP contribution in [-0.2, 0) is 6.54 Å². The monoisotopic (exact) mass is 180 g/mol. The van der Waals surface area contributed by atoms with Gasteiger partial charge in [-0.05, 0) is 11.4 Å². The molecule has 0 aliphatic carbocycles. The third-order valence-electron chi connectivity index (χ3n) is 1.57. The number of nitrogens with zero attached hydrogens (tertiary/aromatic N) is 1. The van der Waals surface area contributed by atoms with Gasteiger partial charge in [-0.15, -0.1) is 11.3 Å². The topological polar surface area (TPSA) is 37.8 Å². The summed E-state index contributed by atoms with van der Waals surface area (Å²) in [7, 11) is 0. The van der Waals surface area contributed by atoms with Gasteiger partial charge in [0.25, 0.3) is 5.56 Å². The van der Waals surface area contributed by atoms with Crippen molar-refractivity contribution in [2.45, 2.75) is 6.54 Å². The van der Waals surface area contributed by atoms with E-state index in [1.807, 2.05) is 17.5 Å². The zero-order chi connectivity index (χ0) is 8.39. The van der Waals surface area contributed by atoms with Crippen LogP contribution in [0.2, 0.25) is 0 Å². The van der Waals surface area contributed by atoms with Crippen LogP contribution >= 0.6 is 11.3 Å². The number of thiophene rings is 1. The fourth-order valence-electron chi connectivity index (χ4n) is 1.04. The molecule has 0 aromatic carbocycles. The first kappa shape index (κ1) is 7.36. The van der Waals surface area contributed by atoms with E-state index in [0.717, 1.165) is 6.54 Å². The fourth-order valence-corrected chi connectivity index (χ4v) is 1.74. The normalized spacial score (nSPS) is 10.3. The van der Waals surface area contributed by atoms with Crippen LogP contribution in [0.3, 0.4) is 0 Å². The minimum Gasteiger partial charge on any atom is -0.287 e. The predicted octanol–water partition coefficient (Wildman–Crippen LogP) is 1.29. The average Bonchev–Trinajstić information content (AvgIpc) is 2.63. The lowest BCUT2D eigenvalue weighted by atomic mass is 10.5. The highest BCUT2D eigenvalue weighted by Gasteiger charge is 1.94. The first-order valence-electron chi connectivity index (χ1n) is 3.62. The van der Waals surface area contributed by atoms with Crippen LogP contribution in [0, 0.1) is 0 Å². The summed E-state index contributed by atoms with van der Waals surface area (Å²) >= 11 is 1.68. The fraction of sp³-hybridized carbons (Fsp3) is 0.125. The van der Waals surface area contributed by atoms with Gasteiger partial charge < -0.3 is 0 Å². The number of hydrogen-bond donors (Lipinski definition) is 1. The average molecular weight is 180 g/mol. The summed E-state index contributed by atoms with van der Waals surface area (Å²) in [5.41, 5.74) is -0.0495. The van der Waals surface area contributed by atoms with E-state index in [4.69, 9.17) is 0 Å². The molecule has 0 radical (unpaired) electrons. The summed E-state index contributed by atoms with van der Waals surface area (Å²) in [6, 6.07) is 5.57. The molecular weight excluding hydrogens is 172 g/mol. The van der Waals surface area contributed by atoms with Crippen LogP contribution in [0.15, 0.2) is 34.6 Å². The number of nitrogens with one attached hydrogen (secondary N) is 1. The minimum atomic E-state index is -0.0495.